The van der Waals surface area contributed by atoms with Crippen LogP contribution in [-0.4, -0.2) is 0 Å². The second-order valence-electron chi connectivity index (χ2n) is 8.58. The molecule has 33 heavy (non-hydrogen) atoms. The van der Waals surface area contributed by atoms with Crippen LogP contribution in [0, 0.1) is 13.8 Å². The van der Waals surface area contributed by atoms with Crippen LogP contribution in [-0.2, 0) is 34.0 Å². The fraction of sp³-hybridized carbons (Fsp3) is 0.200. The van der Waals surface area contributed by atoms with E-state index in [4.69, 9.17) is 5.63 Å². The summed E-state index contributed by atoms with van der Waals surface area (Å²) in [6.45, 7) is 12.2. The number of aryl methyl sites for hydroxylation is 2. The zero-order chi connectivity index (χ0) is 23.3. The molecule has 0 amide bonds. The molecule has 0 bridgehead atoms. The topological polar surface area (TPSA) is 18.5 Å². The monoisotopic (exact) mass is 514 g/mol. The molecule has 4 rings (SSSR count). The van der Waals surface area contributed by atoms with E-state index in [1.54, 1.807) is 0 Å². The summed E-state index contributed by atoms with van der Waals surface area (Å²) >= 11 is -4.10. The van der Waals surface area contributed by atoms with Crippen molar-refractivity contribution < 1.29 is 26.8 Å². The second-order valence-corrected chi connectivity index (χ2v) is 15.8. The van der Waals surface area contributed by atoms with Gasteiger partial charge in [-0.1, -0.05) is 0 Å². The molecule has 0 radical (unpaired) electrons. The predicted molar refractivity (Wildman–Crippen MR) is 135 cm³/mol. The first-order valence-corrected chi connectivity index (χ1v) is 16.0. The van der Waals surface area contributed by atoms with Gasteiger partial charge in [0.05, 0.1) is 0 Å². The first-order valence-electron chi connectivity index (χ1n) is 11.6. The summed E-state index contributed by atoms with van der Waals surface area (Å²) in [5.41, 5.74) is 4.58. The van der Waals surface area contributed by atoms with Crippen molar-refractivity contribution in [1.82, 2.24) is 0 Å². The van der Waals surface area contributed by atoms with Gasteiger partial charge in [0.2, 0.25) is 0 Å². The standard InChI is InChI=1S/2C10H12O.2C5H5.Zr/c2*1-3-5-9-7-4-6-8(2)10(9)11;2*1-2-4-5-3-1;/h2*3-4,6-7,11H,1,5H2,2H3;2*1-3H,4H2;/q;;;;+2/p-2. The van der Waals surface area contributed by atoms with Crippen molar-refractivity contribution in [2.24, 2.45) is 0 Å². The van der Waals surface area contributed by atoms with Crippen molar-refractivity contribution in [2.75, 3.05) is 0 Å². The first kappa shape index (κ1) is 23.5. The van der Waals surface area contributed by atoms with E-state index in [0.29, 0.717) is 0 Å². The van der Waals surface area contributed by atoms with Gasteiger partial charge in [0, 0.05) is 0 Å². The van der Waals surface area contributed by atoms with Crippen LogP contribution in [0.1, 0.15) is 35.1 Å². The van der Waals surface area contributed by atoms with Crippen molar-refractivity contribution >= 4 is 0 Å². The molecule has 2 aromatic rings. The summed E-state index contributed by atoms with van der Waals surface area (Å²) in [4.78, 5) is 0. The molecule has 0 unspecified atom stereocenters. The summed E-state index contributed by atoms with van der Waals surface area (Å²) in [6, 6.07) is 12.7. The van der Waals surface area contributed by atoms with Crippen LogP contribution in [0.25, 0.3) is 0 Å². The number of hydrogen-bond donors (Lipinski definition) is 0. The third kappa shape index (κ3) is 4.84. The van der Waals surface area contributed by atoms with Crippen molar-refractivity contribution in [3.63, 3.8) is 0 Å². The Labute approximate surface area is 204 Å². The molecule has 0 saturated carbocycles. The summed E-state index contributed by atoms with van der Waals surface area (Å²) in [5, 5.41) is 0. The number of allylic oxidation sites excluding steroid dienone is 10. The van der Waals surface area contributed by atoms with Gasteiger partial charge in [0.15, 0.2) is 0 Å². The van der Waals surface area contributed by atoms with Crippen LogP contribution < -0.4 is 5.63 Å². The Hall–Kier alpha value is -2.64. The van der Waals surface area contributed by atoms with Crippen molar-refractivity contribution in [1.29, 1.82) is 0 Å². The van der Waals surface area contributed by atoms with E-state index in [1.807, 2.05) is 12.2 Å². The number of benzene rings is 2. The molecule has 2 aromatic carbocycles. The minimum atomic E-state index is -4.10. The van der Waals surface area contributed by atoms with Crippen molar-refractivity contribution in [2.45, 2.75) is 39.5 Å². The van der Waals surface area contributed by atoms with E-state index in [9.17, 15) is 0 Å². The molecule has 0 atom stereocenters. The number of rotatable bonds is 10. The van der Waals surface area contributed by atoms with Crippen LogP contribution >= 0.6 is 0 Å². The fourth-order valence-corrected chi connectivity index (χ4v) is 13.2. The van der Waals surface area contributed by atoms with Gasteiger partial charge in [-0.2, -0.15) is 0 Å². The van der Waals surface area contributed by atoms with Crippen molar-refractivity contribution in [3.8, 4) is 11.5 Å². The van der Waals surface area contributed by atoms with Gasteiger partial charge in [0.25, 0.3) is 0 Å². The summed E-state index contributed by atoms with van der Waals surface area (Å²) < 4.78 is 17.2. The van der Waals surface area contributed by atoms with Gasteiger partial charge in [-0.15, -0.1) is 0 Å². The van der Waals surface area contributed by atoms with Crippen LogP contribution in [0.5, 0.6) is 11.5 Å². The van der Waals surface area contributed by atoms with E-state index >= 15 is 0 Å². The third-order valence-corrected chi connectivity index (χ3v) is 14.6. The van der Waals surface area contributed by atoms with Crippen LogP contribution in [0.2, 0.25) is 0 Å². The molecule has 0 saturated heterocycles. The molecule has 0 heterocycles. The average molecular weight is 516 g/mol. The zero-order valence-corrected chi connectivity index (χ0v) is 22.1. The van der Waals surface area contributed by atoms with Gasteiger partial charge < -0.3 is 0 Å². The zero-order valence-electron chi connectivity index (χ0n) is 19.6. The summed E-state index contributed by atoms with van der Waals surface area (Å²) in [6.07, 6.45) is 20.3. The molecule has 0 aromatic heterocycles. The van der Waals surface area contributed by atoms with Gasteiger partial charge in [-0.25, -0.2) is 0 Å². The Kier molecular flexibility index (Phi) is 7.50. The Morgan fingerprint density at radius 2 is 1.21 bits per heavy atom. The average Bonchev–Trinajstić information content (AvgIpc) is 3.53. The number of para-hydroxylation sites is 2. The number of hydrogen-bond acceptors (Lipinski definition) is 2. The van der Waals surface area contributed by atoms with Crippen LogP contribution in [0.3, 0.4) is 0 Å². The van der Waals surface area contributed by atoms with E-state index in [1.165, 1.54) is 6.56 Å². The van der Waals surface area contributed by atoms with Crippen molar-refractivity contribution in [3.05, 3.63) is 127 Å². The van der Waals surface area contributed by atoms with Gasteiger partial charge in [0.1, 0.15) is 0 Å². The molecule has 0 aliphatic heterocycles. The van der Waals surface area contributed by atoms with Gasteiger partial charge in [-0.3, -0.25) is 0 Å². The van der Waals surface area contributed by atoms with Crippen LogP contribution in [0.15, 0.2) is 105 Å². The molecule has 168 valence electrons. The van der Waals surface area contributed by atoms with Gasteiger partial charge in [-0.05, 0) is 0 Å². The molecule has 2 aliphatic rings. The SMILES string of the molecule is C=CCc1cccc(C)c1[O][Zr]([O]c1c(C)cccc1CC=C)([C]1=CC=CC1)[C]1=CC=CC1. The molecule has 0 fully saturated rings. The van der Waals surface area contributed by atoms with E-state index < -0.39 is 21.1 Å². The Balaban J connectivity index is 1.91. The Morgan fingerprint density at radius 3 is 1.58 bits per heavy atom. The van der Waals surface area contributed by atoms with E-state index in [-0.39, 0.29) is 0 Å². The summed E-state index contributed by atoms with van der Waals surface area (Å²) in [5.74, 6) is 1.90. The molecule has 2 aliphatic carbocycles. The third-order valence-electron chi connectivity index (χ3n) is 6.19. The van der Waals surface area contributed by atoms with E-state index in [2.05, 4.69) is 99.9 Å². The Bertz CT molecular complexity index is 1090. The quantitative estimate of drug-likeness (QED) is 0.300. The molecule has 0 N–H and O–H groups in total. The van der Waals surface area contributed by atoms with Crippen LogP contribution in [0.4, 0.5) is 0 Å². The van der Waals surface area contributed by atoms with E-state index in [0.717, 1.165) is 59.4 Å². The molecule has 2 nitrogen and oxygen atoms in total. The normalized spacial score (nSPS) is 14.7. The second kappa shape index (κ2) is 10.5. The maximum atomic E-state index is 7.27. The minimum absolute atomic E-state index is 0.764. The maximum absolute atomic E-state index is 7.27. The Morgan fingerprint density at radius 1 is 0.758 bits per heavy atom. The molecule has 3 heteroatoms. The predicted octanol–water partition coefficient (Wildman–Crippen LogP) is 7.89. The summed E-state index contributed by atoms with van der Waals surface area (Å²) in [7, 11) is 0. The molecular formula is C30H32O2Zr. The molecular weight excluding hydrogens is 484 g/mol. The first-order chi connectivity index (χ1) is 16.1. The fourth-order valence-electron chi connectivity index (χ4n) is 4.51. The molecule has 0 spiro atoms. The van der Waals surface area contributed by atoms with Gasteiger partial charge >= 0.3 is 205 Å².